The van der Waals surface area contributed by atoms with E-state index >= 15 is 0 Å². The molecule has 0 aliphatic heterocycles. The van der Waals surface area contributed by atoms with E-state index in [0.717, 1.165) is 12.1 Å². The molecule has 0 aliphatic carbocycles. The fourth-order valence-electron chi connectivity index (χ4n) is 1.63. The lowest BCUT2D eigenvalue weighted by Crippen LogP contribution is -2.19. The van der Waals surface area contributed by atoms with Crippen LogP contribution in [-0.2, 0) is 9.84 Å². The van der Waals surface area contributed by atoms with E-state index in [2.05, 4.69) is 12.2 Å². The molecule has 0 fully saturated rings. The first-order chi connectivity index (χ1) is 8.53. The van der Waals surface area contributed by atoms with Crippen molar-refractivity contribution in [2.75, 3.05) is 16.9 Å². The fourth-order valence-corrected chi connectivity index (χ4v) is 3.25. The molecule has 3 nitrogen and oxygen atoms in total. The van der Waals surface area contributed by atoms with Gasteiger partial charge in [-0.05, 0) is 37.1 Å². The summed E-state index contributed by atoms with van der Waals surface area (Å²) in [4.78, 5) is 0.383. The van der Waals surface area contributed by atoms with Crippen LogP contribution in [0.5, 0.6) is 0 Å². The third kappa shape index (κ3) is 4.18. The Balaban J connectivity index is 2.80. The van der Waals surface area contributed by atoms with Crippen LogP contribution in [0.1, 0.15) is 26.7 Å². The number of sulfone groups is 1. The minimum atomic E-state index is -3.12. The Labute approximate surface area is 114 Å². The van der Waals surface area contributed by atoms with Crippen LogP contribution >= 0.6 is 11.6 Å². The van der Waals surface area contributed by atoms with E-state index in [1.165, 1.54) is 0 Å². The zero-order chi connectivity index (χ0) is 13.6. The zero-order valence-corrected chi connectivity index (χ0v) is 12.4. The molecule has 0 heterocycles. The lowest BCUT2D eigenvalue weighted by Gasteiger charge is -2.15. The van der Waals surface area contributed by atoms with Crippen LogP contribution in [0, 0.1) is 0 Å². The lowest BCUT2D eigenvalue weighted by atomic mass is 10.2. The van der Waals surface area contributed by atoms with Gasteiger partial charge in [0.2, 0.25) is 0 Å². The highest BCUT2D eigenvalue weighted by molar-refractivity contribution is 7.91. The van der Waals surface area contributed by atoms with E-state index in [9.17, 15) is 8.42 Å². The zero-order valence-electron chi connectivity index (χ0n) is 10.8. The van der Waals surface area contributed by atoms with Crippen LogP contribution in [0.2, 0.25) is 0 Å². The Bertz CT molecular complexity index is 452. The van der Waals surface area contributed by atoms with Gasteiger partial charge in [0.1, 0.15) is 0 Å². The van der Waals surface area contributed by atoms with Gasteiger partial charge in [-0.1, -0.05) is 13.8 Å². The van der Waals surface area contributed by atoms with Crippen molar-refractivity contribution < 1.29 is 8.42 Å². The second-order valence-electron chi connectivity index (χ2n) is 4.25. The average Bonchev–Trinajstić information content (AvgIpc) is 2.36. The van der Waals surface area contributed by atoms with Gasteiger partial charge in [0.15, 0.2) is 9.84 Å². The summed E-state index contributed by atoms with van der Waals surface area (Å²) in [6.07, 6.45) is 1.56. The molecule has 5 heteroatoms. The number of hydrogen-bond donors (Lipinski definition) is 1. The summed E-state index contributed by atoms with van der Waals surface area (Å²) in [5, 5.41) is 3.26. The SMILES string of the molecule is CCCS(=O)(=O)c1ccc(NC(CC)CCl)cc1. The minimum Gasteiger partial charge on any atom is -0.381 e. The molecule has 0 amide bonds. The predicted molar refractivity (Wildman–Crippen MR) is 77.2 cm³/mol. The Morgan fingerprint density at radius 3 is 2.28 bits per heavy atom. The number of alkyl halides is 1. The van der Waals surface area contributed by atoms with E-state index in [4.69, 9.17) is 11.6 Å². The highest BCUT2D eigenvalue weighted by Gasteiger charge is 2.12. The molecule has 0 saturated heterocycles. The van der Waals surface area contributed by atoms with Crippen molar-refractivity contribution in [3.05, 3.63) is 24.3 Å². The third-order valence-electron chi connectivity index (χ3n) is 2.74. The Hall–Kier alpha value is -0.740. The summed E-state index contributed by atoms with van der Waals surface area (Å²) in [6.45, 7) is 3.92. The van der Waals surface area contributed by atoms with Crippen molar-refractivity contribution in [2.24, 2.45) is 0 Å². The van der Waals surface area contributed by atoms with Crippen LogP contribution in [0.15, 0.2) is 29.2 Å². The van der Waals surface area contributed by atoms with Gasteiger partial charge in [-0.15, -0.1) is 11.6 Å². The molecule has 1 rings (SSSR count). The molecule has 0 aromatic heterocycles. The molecule has 1 atom stereocenters. The van der Waals surface area contributed by atoms with Gasteiger partial charge in [-0.3, -0.25) is 0 Å². The van der Waals surface area contributed by atoms with E-state index < -0.39 is 9.84 Å². The van der Waals surface area contributed by atoms with Gasteiger partial charge >= 0.3 is 0 Å². The van der Waals surface area contributed by atoms with Gasteiger partial charge in [-0.25, -0.2) is 8.42 Å². The number of anilines is 1. The largest absolute Gasteiger partial charge is 0.381 e. The highest BCUT2D eigenvalue weighted by atomic mass is 35.5. The minimum absolute atomic E-state index is 0.193. The molecule has 1 aromatic rings. The first-order valence-corrected chi connectivity index (χ1v) is 8.37. The molecule has 1 unspecified atom stereocenters. The Morgan fingerprint density at radius 2 is 1.83 bits per heavy atom. The van der Waals surface area contributed by atoms with Crippen molar-refractivity contribution in [2.45, 2.75) is 37.6 Å². The maximum Gasteiger partial charge on any atom is 0.178 e. The molecule has 1 N–H and O–H groups in total. The summed E-state index contributed by atoms with van der Waals surface area (Å²) >= 11 is 5.80. The first-order valence-electron chi connectivity index (χ1n) is 6.18. The number of hydrogen-bond acceptors (Lipinski definition) is 3. The molecule has 0 aliphatic rings. The number of rotatable bonds is 7. The van der Waals surface area contributed by atoms with Crippen molar-refractivity contribution in [1.29, 1.82) is 0 Å². The quantitative estimate of drug-likeness (QED) is 0.784. The number of benzene rings is 1. The molecule has 0 spiro atoms. The molecule has 0 radical (unpaired) electrons. The smallest absolute Gasteiger partial charge is 0.178 e. The lowest BCUT2D eigenvalue weighted by molar-refractivity contribution is 0.594. The van der Waals surface area contributed by atoms with E-state index in [-0.39, 0.29) is 11.8 Å². The van der Waals surface area contributed by atoms with Gasteiger partial charge < -0.3 is 5.32 Å². The summed E-state index contributed by atoms with van der Waals surface area (Å²) in [5.41, 5.74) is 0.901. The van der Waals surface area contributed by atoms with Crippen molar-refractivity contribution >= 4 is 27.1 Å². The first kappa shape index (κ1) is 15.3. The van der Waals surface area contributed by atoms with E-state index in [1.54, 1.807) is 24.3 Å². The van der Waals surface area contributed by atoms with Gasteiger partial charge in [0.25, 0.3) is 0 Å². The van der Waals surface area contributed by atoms with Crippen LogP contribution in [0.25, 0.3) is 0 Å². The maximum absolute atomic E-state index is 11.8. The van der Waals surface area contributed by atoms with Crippen molar-refractivity contribution in [3.8, 4) is 0 Å². The fraction of sp³-hybridized carbons (Fsp3) is 0.538. The standard InChI is InChI=1S/C13H20ClNO2S/c1-3-9-18(16,17)13-7-5-12(6-8-13)15-11(4-2)10-14/h5-8,11,15H,3-4,9-10H2,1-2H3. The van der Waals surface area contributed by atoms with Crippen LogP contribution < -0.4 is 5.32 Å². The van der Waals surface area contributed by atoms with Gasteiger partial charge in [0, 0.05) is 17.6 Å². The monoisotopic (exact) mass is 289 g/mol. The summed E-state index contributed by atoms with van der Waals surface area (Å²) in [5.74, 6) is 0.728. The molecule has 0 bridgehead atoms. The maximum atomic E-state index is 11.8. The molecule has 102 valence electrons. The molecule has 0 saturated carbocycles. The molecular weight excluding hydrogens is 270 g/mol. The van der Waals surface area contributed by atoms with Crippen LogP contribution in [-0.4, -0.2) is 26.1 Å². The van der Waals surface area contributed by atoms with E-state index in [1.807, 2.05) is 6.92 Å². The summed E-state index contributed by atoms with van der Waals surface area (Å²) in [7, 11) is -3.12. The third-order valence-corrected chi connectivity index (χ3v) is 5.04. The van der Waals surface area contributed by atoms with Crippen molar-refractivity contribution in [3.63, 3.8) is 0 Å². The normalized spacial score (nSPS) is 13.3. The van der Waals surface area contributed by atoms with Crippen molar-refractivity contribution in [1.82, 2.24) is 0 Å². The second kappa shape index (κ2) is 7.00. The van der Waals surface area contributed by atoms with Crippen LogP contribution in [0.3, 0.4) is 0 Å². The Kier molecular flexibility index (Phi) is 5.96. The summed E-state index contributed by atoms with van der Waals surface area (Å²) in [6, 6.07) is 7.09. The molecular formula is C13H20ClNO2S. The topological polar surface area (TPSA) is 46.2 Å². The number of halogens is 1. The van der Waals surface area contributed by atoms with Crippen LogP contribution in [0.4, 0.5) is 5.69 Å². The second-order valence-corrected chi connectivity index (χ2v) is 6.66. The predicted octanol–water partition coefficient (Wildman–Crippen LogP) is 3.30. The number of nitrogens with one attached hydrogen (secondary N) is 1. The van der Waals surface area contributed by atoms with Gasteiger partial charge in [0.05, 0.1) is 10.6 Å². The summed E-state index contributed by atoms with van der Waals surface area (Å²) < 4.78 is 23.7. The molecule has 18 heavy (non-hydrogen) atoms. The van der Waals surface area contributed by atoms with Gasteiger partial charge in [-0.2, -0.15) is 0 Å². The molecule has 1 aromatic carbocycles. The average molecular weight is 290 g/mol. The van der Waals surface area contributed by atoms with E-state index in [0.29, 0.717) is 17.2 Å². The Morgan fingerprint density at radius 1 is 1.22 bits per heavy atom. The highest BCUT2D eigenvalue weighted by Crippen LogP contribution is 2.17.